The van der Waals surface area contributed by atoms with E-state index in [1.165, 1.54) is 23.9 Å². The molecule has 3 nitrogen and oxygen atoms in total. The van der Waals surface area contributed by atoms with Crippen LogP contribution >= 0.6 is 0 Å². The molecular weight excluding hydrogens is 234 g/mol. The van der Waals surface area contributed by atoms with Crippen LogP contribution in [0.15, 0.2) is 36.5 Å². The fraction of sp³-hybridized carbons (Fsp3) is 0.438. The first kappa shape index (κ1) is 12.4. The first-order valence-corrected chi connectivity index (χ1v) is 7.00. The number of hydrogen-bond donors (Lipinski definition) is 0. The van der Waals surface area contributed by atoms with E-state index in [9.17, 15) is 0 Å². The van der Waals surface area contributed by atoms with Crippen molar-refractivity contribution in [2.75, 3.05) is 32.1 Å². The Kier molecular flexibility index (Phi) is 3.38. The van der Waals surface area contributed by atoms with Crippen LogP contribution in [0.25, 0.3) is 10.9 Å². The van der Waals surface area contributed by atoms with Gasteiger partial charge in [0, 0.05) is 36.4 Å². The number of nitrogens with zero attached hydrogens (tertiary/aromatic N) is 3. The molecule has 3 heteroatoms. The fourth-order valence-corrected chi connectivity index (χ4v) is 2.89. The minimum absolute atomic E-state index is 0.731. The van der Waals surface area contributed by atoms with Crippen molar-refractivity contribution >= 4 is 16.6 Å². The first-order valence-electron chi connectivity index (χ1n) is 7.00. The highest BCUT2D eigenvalue weighted by Gasteiger charge is 2.20. The maximum Gasteiger partial charge on any atom is 0.0722 e. The molecule has 1 saturated heterocycles. The lowest BCUT2D eigenvalue weighted by atomic mass is 10.0. The van der Waals surface area contributed by atoms with Crippen molar-refractivity contribution in [2.45, 2.75) is 18.9 Å². The van der Waals surface area contributed by atoms with Crippen molar-refractivity contribution in [3.8, 4) is 0 Å². The molecule has 0 saturated carbocycles. The molecule has 2 heterocycles. The van der Waals surface area contributed by atoms with Gasteiger partial charge >= 0.3 is 0 Å². The monoisotopic (exact) mass is 255 g/mol. The largest absolute Gasteiger partial charge is 0.371 e. The number of aromatic nitrogens is 1. The Labute approximate surface area is 114 Å². The van der Waals surface area contributed by atoms with Gasteiger partial charge < -0.3 is 9.80 Å². The van der Waals surface area contributed by atoms with Crippen molar-refractivity contribution in [1.82, 2.24) is 9.88 Å². The number of piperidine rings is 1. The summed E-state index contributed by atoms with van der Waals surface area (Å²) in [6, 6.07) is 11.4. The van der Waals surface area contributed by atoms with E-state index in [0.29, 0.717) is 0 Å². The highest BCUT2D eigenvalue weighted by Crippen LogP contribution is 2.24. The van der Waals surface area contributed by atoms with Gasteiger partial charge in [-0.05, 0) is 45.1 Å². The molecule has 2 aromatic rings. The zero-order valence-corrected chi connectivity index (χ0v) is 11.7. The third-order valence-electron chi connectivity index (χ3n) is 4.15. The zero-order chi connectivity index (χ0) is 13.2. The van der Waals surface area contributed by atoms with Gasteiger partial charge in [-0.3, -0.25) is 4.98 Å². The van der Waals surface area contributed by atoms with Crippen LogP contribution < -0.4 is 4.90 Å². The lowest BCUT2D eigenvalue weighted by Crippen LogP contribution is -2.41. The summed E-state index contributed by atoms with van der Waals surface area (Å²) in [4.78, 5) is 9.27. The Morgan fingerprint density at radius 3 is 2.68 bits per heavy atom. The van der Waals surface area contributed by atoms with E-state index in [-0.39, 0.29) is 0 Å². The minimum Gasteiger partial charge on any atom is -0.371 e. The maximum atomic E-state index is 4.44. The van der Waals surface area contributed by atoms with E-state index in [1.807, 2.05) is 12.3 Å². The zero-order valence-electron chi connectivity index (χ0n) is 11.7. The van der Waals surface area contributed by atoms with E-state index in [1.54, 1.807) is 0 Å². The smallest absolute Gasteiger partial charge is 0.0722 e. The molecule has 0 amide bonds. The van der Waals surface area contributed by atoms with E-state index in [4.69, 9.17) is 0 Å². The quantitative estimate of drug-likeness (QED) is 0.822. The number of hydrogen-bond acceptors (Lipinski definition) is 3. The van der Waals surface area contributed by atoms with E-state index >= 15 is 0 Å². The Balaban J connectivity index is 1.78. The number of fused-ring (bicyclic) bond motifs is 1. The molecule has 3 rings (SSSR count). The van der Waals surface area contributed by atoms with Gasteiger partial charge in [0.05, 0.1) is 5.52 Å². The molecule has 1 fully saturated rings. The Morgan fingerprint density at radius 2 is 1.95 bits per heavy atom. The lowest BCUT2D eigenvalue weighted by Gasteiger charge is -2.36. The molecule has 1 aliphatic rings. The summed E-state index contributed by atoms with van der Waals surface area (Å²) in [5, 5.41) is 1.22. The summed E-state index contributed by atoms with van der Waals surface area (Å²) >= 11 is 0. The normalized spacial score (nSPS) is 17.3. The summed E-state index contributed by atoms with van der Waals surface area (Å²) in [5.74, 6) is 0. The molecule has 1 aliphatic heterocycles. The summed E-state index contributed by atoms with van der Waals surface area (Å²) < 4.78 is 0. The molecular formula is C16H21N3. The van der Waals surface area contributed by atoms with Gasteiger partial charge in [-0.1, -0.05) is 12.1 Å². The van der Waals surface area contributed by atoms with Crippen LogP contribution in [0.3, 0.4) is 0 Å². The SMILES string of the molecule is CN(C)C1CCN(c2ccc3cccnc3c2)CC1. The molecule has 0 radical (unpaired) electrons. The second-order valence-corrected chi connectivity index (χ2v) is 5.56. The minimum atomic E-state index is 0.731. The summed E-state index contributed by atoms with van der Waals surface area (Å²) in [7, 11) is 4.36. The van der Waals surface area contributed by atoms with Crippen molar-refractivity contribution in [2.24, 2.45) is 0 Å². The molecule has 1 aromatic carbocycles. The van der Waals surface area contributed by atoms with Crippen molar-refractivity contribution in [1.29, 1.82) is 0 Å². The molecule has 100 valence electrons. The third-order valence-corrected chi connectivity index (χ3v) is 4.15. The predicted octanol–water partition coefficient (Wildman–Crippen LogP) is 2.77. The number of pyridine rings is 1. The van der Waals surface area contributed by atoms with Crippen molar-refractivity contribution < 1.29 is 0 Å². The van der Waals surface area contributed by atoms with E-state index in [2.05, 4.69) is 53.1 Å². The number of benzene rings is 1. The van der Waals surface area contributed by atoms with Gasteiger partial charge in [0.2, 0.25) is 0 Å². The van der Waals surface area contributed by atoms with Crippen LogP contribution in [0.1, 0.15) is 12.8 Å². The van der Waals surface area contributed by atoms with Crippen LogP contribution in [0.5, 0.6) is 0 Å². The fourth-order valence-electron chi connectivity index (χ4n) is 2.89. The lowest BCUT2D eigenvalue weighted by molar-refractivity contribution is 0.249. The van der Waals surface area contributed by atoms with Gasteiger partial charge in [-0.15, -0.1) is 0 Å². The molecule has 0 atom stereocenters. The molecule has 0 bridgehead atoms. The Bertz CT molecular complexity index is 557. The summed E-state index contributed by atoms with van der Waals surface area (Å²) in [5.41, 5.74) is 2.40. The van der Waals surface area contributed by atoms with Crippen molar-refractivity contribution in [3.63, 3.8) is 0 Å². The van der Waals surface area contributed by atoms with Crippen LogP contribution in [0, 0.1) is 0 Å². The van der Waals surface area contributed by atoms with Gasteiger partial charge in [-0.25, -0.2) is 0 Å². The Morgan fingerprint density at radius 1 is 1.16 bits per heavy atom. The highest BCUT2D eigenvalue weighted by molar-refractivity contribution is 5.82. The first-order chi connectivity index (χ1) is 9.24. The van der Waals surface area contributed by atoms with E-state index in [0.717, 1.165) is 24.6 Å². The third kappa shape index (κ3) is 2.56. The van der Waals surface area contributed by atoms with Gasteiger partial charge in [0.25, 0.3) is 0 Å². The Hall–Kier alpha value is -1.61. The standard InChI is InChI=1S/C16H21N3/c1-18(2)14-7-10-19(11-8-14)15-6-5-13-4-3-9-17-16(13)12-15/h3-6,9,12,14H,7-8,10-11H2,1-2H3. The topological polar surface area (TPSA) is 19.4 Å². The molecule has 19 heavy (non-hydrogen) atoms. The summed E-state index contributed by atoms with van der Waals surface area (Å²) in [6.07, 6.45) is 4.35. The van der Waals surface area contributed by atoms with Crippen LogP contribution in [0.4, 0.5) is 5.69 Å². The van der Waals surface area contributed by atoms with Gasteiger partial charge in [0.15, 0.2) is 0 Å². The van der Waals surface area contributed by atoms with Gasteiger partial charge in [0.1, 0.15) is 0 Å². The van der Waals surface area contributed by atoms with Crippen LogP contribution in [0.2, 0.25) is 0 Å². The summed E-state index contributed by atoms with van der Waals surface area (Å²) in [6.45, 7) is 2.28. The van der Waals surface area contributed by atoms with Crippen molar-refractivity contribution in [3.05, 3.63) is 36.5 Å². The maximum absolute atomic E-state index is 4.44. The second kappa shape index (κ2) is 5.17. The average molecular weight is 255 g/mol. The number of rotatable bonds is 2. The second-order valence-electron chi connectivity index (χ2n) is 5.56. The predicted molar refractivity (Wildman–Crippen MR) is 80.7 cm³/mol. The average Bonchev–Trinajstić information content (AvgIpc) is 2.47. The van der Waals surface area contributed by atoms with Gasteiger partial charge in [-0.2, -0.15) is 0 Å². The molecule has 0 aliphatic carbocycles. The molecule has 1 aromatic heterocycles. The van der Waals surface area contributed by atoms with E-state index < -0.39 is 0 Å². The highest BCUT2D eigenvalue weighted by atomic mass is 15.2. The molecule has 0 spiro atoms. The van der Waals surface area contributed by atoms with Crippen LogP contribution in [-0.4, -0.2) is 43.1 Å². The van der Waals surface area contributed by atoms with Crippen LogP contribution in [-0.2, 0) is 0 Å². The molecule has 0 unspecified atom stereocenters. The number of anilines is 1. The molecule has 0 N–H and O–H groups in total.